The number of esters is 1. The molecule has 0 unspecified atom stereocenters. The third-order valence-corrected chi connectivity index (χ3v) is 2.69. The maximum Gasteiger partial charge on any atom is 0.357 e. The molecule has 0 spiro atoms. The lowest BCUT2D eigenvalue weighted by Gasteiger charge is -2.00. The molecule has 0 aliphatic heterocycles. The average Bonchev–Trinajstić information content (AvgIpc) is 2.54. The Labute approximate surface area is 94.2 Å². The van der Waals surface area contributed by atoms with Gasteiger partial charge in [-0.25, -0.2) is 14.8 Å². The van der Waals surface area contributed by atoms with E-state index in [1.807, 2.05) is 17.8 Å². The Hall–Kier alpha value is -1.43. The number of nitrogens with zero attached hydrogens (tertiary/aromatic N) is 3. The van der Waals surface area contributed by atoms with E-state index in [1.165, 1.54) is 13.4 Å². The number of ether oxygens (including phenoxy) is 1. The van der Waals surface area contributed by atoms with E-state index in [9.17, 15) is 4.79 Å². The van der Waals surface area contributed by atoms with Crippen LogP contribution >= 0.6 is 15.9 Å². The van der Waals surface area contributed by atoms with E-state index in [2.05, 4.69) is 30.6 Å². The molecule has 2 aromatic rings. The first-order valence-electron chi connectivity index (χ1n) is 4.19. The fraction of sp³-hybridized carbons (Fsp3) is 0.222. The molecule has 0 bridgehead atoms. The van der Waals surface area contributed by atoms with Gasteiger partial charge in [-0.1, -0.05) is 0 Å². The van der Waals surface area contributed by atoms with Gasteiger partial charge in [0, 0.05) is 17.7 Å². The first kappa shape index (κ1) is 10.1. The fourth-order valence-electron chi connectivity index (χ4n) is 1.41. The molecule has 0 saturated heterocycles. The fourth-order valence-corrected chi connectivity index (χ4v) is 2.08. The third kappa shape index (κ3) is 1.50. The summed E-state index contributed by atoms with van der Waals surface area (Å²) in [6.07, 6.45) is 3.17. The zero-order valence-electron chi connectivity index (χ0n) is 8.19. The van der Waals surface area contributed by atoms with Gasteiger partial charge in [-0.2, -0.15) is 0 Å². The largest absolute Gasteiger partial charge is 0.464 e. The third-order valence-electron chi connectivity index (χ3n) is 2.09. The number of aryl methyl sites for hydroxylation is 1. The Balaban J connectivity index is 2.80. The minimum Gasteiger partial charge on any atom is -0.464 e. The highest BCUT2D eigenvalue weighted by Crippen LogP contribution is 2.26. The molecule has 78 valence electrons. The molecule has 0 aliphatic carbocycles. The average molecular weight is 270 g/mol. The molecular weight excluding hydrogens is 262 g/mol. The summed E-state index contributed by atoms with van der Waals surface area (Å²) < 4.78 is 7.24. The van der Waals surface area contributed by atoms with Gasteiger partial charge in [-0.15, -0.1) is 0 Å². The van der Waals surface area contributed by atoms with Crippen LogP contribution in [0.4, 0.5) is 0 Å². The number of halogens is 1. The number of rotatable bonds is 1. The molecule has 0 saturated carbocycles. The molecule has 0 N–H and O–H groups in total. The van der Waals surface area contributed by atoms with Crippen LogP contribution in [0, 0.1) is 0 Å². The number of carbonyl (C=O) groups excluding carboxylic acids is 1. The molecule has 0 radical (unpaired) electrons. The van der Waals surface area contributed by atoms with E-state index in [0.29, 0.717) is 11.0 Å². The standard InChI is InChI=1S/C9H8BrN3O2/c1-13-3-5(10)6-7(9(14)15-2)11-4-12-8(6)13/h3-4H,1-2H3. The minimum absolute atomic E-state index is 0.273. The van der Waals surface area contributed by atoms with Crippen molar-refractivity contribution >= 4 is 32.9 Å². The predicted octanol–water partition coefficient (Wildman–Crippen LogP) is 1.52. The molecule has 0 aromatic carbocycles. The highest BCUT2D eigenvalue weighted by molar-refractivity contribution is 9.10. The Bertz CT molecular complexity index is 535. The van der Waals surface area contributed by atoms with Gasteiger partial charge in [-0.3, -0.25) is 0 Å². The van der Waals surface area contributed by atoms with E-state index < -0.39 is 5.97 Å². The lowest BCUT2D eigenvalue weighted by atomic mass is 10.3. The molecule has 0 amide bonds. The summed E-state index contributed by atoms with van der Waals surface area (Å²) in [5.74, 6) is -0.464. The van der Waals surface area contributed by atoms with Crippen molar-refractivity contribution in [1.29, 1.82) is 0 Å². The van der Waals surface area contributed by atoms with Gasteiger partial charge >= 0.3 is 5.97 Å². The lowest BCUT2D eigenvalue weighted by molar-refractivity contribution is 0.0596. The molecular formula is C9H8BrN3O2. The zero-order chi connectivity index (χ0) is 11.0. The predicted molar refractivity (Wildman–Crippen MR) is 57.5 cm³/mol. The Morgan fingerprint density at radius 1 is 1.53 bits per heavy atom. The van der Waals surface area contributed by atoms with E-state index in [0.717, 1.165) is 4.47 Å². The van der Waals surface area contributed by atoms with Crippen molar-refractivity contribution in [3.05, 3.63) is 22.7 Å². The number of fused-ring (bicyclic) bond motifs is 1. The molecule has 0 fully saturated rings. The maximum atomic E-state index is 11.4. The summed E-state index contributed by atoms with van der Waals surface area (Å²) in [7, 11) is 3.17. The second kappa shape index (κ2) is 3.62. The van der Waals surface area contributed by atoms with Crippen LogP contribution in [0.3, 0.4) is 0 Å². The van der Waals surface area contributed by atoms with Crippen molar-refractivity contribution in [2.24, 2.45) is 7.05 Å². The molecule has 2 rings (SSSR count). The van der Waals surface area contributed by atoms with Crippen molar-refractivity contribution in [2.45, 2.75) is 0 Å². The summed E-state index contributed by atoms with van der Waals surface area (Å²) in [6, 6.07) is 0. The van der Waals surface area contributed by atoms with Crippen LogP contribution in [0.2, 0.25) is 0 Å². The van der Waals surface area contributed by atoms with Crippen molar-refractivity contribution in [2.75, 3.05) is 7.11 Å². The zero-order valence-corrected chi connectivity index (χ0v) is 9.78. The summed E-state index contributed by atoms with van der Waals surface area (Å²) in [4.78, 5) is 19.5. The highest BCUT2D eigenvalue weighted by atomic mass is 79.9. The quantitative estimate of drug-likeness (QED) is 0.737. The van der Waals surface area contributed by atoms with Crippen LogP contribution in [0.5, 0.6) is 0 Å². The number of hydrogen-bond acceptors (Lipinski definition) is 4. The van der Waals surface area contributed by atoms with Crippen molar-refractivity contribution in [3.8, 4) is 0 Å². The summed E-state index contributed by atoms with van der Waals surface area (Å²) in [6.45, 7) is 0. The molecule has 15 heavy (non-hydrogen) atoms. The van der Waals surface area contributed by atoms with Crippen molar-refractivity contribution < 1.29 is 9.53 Å². The van der Waals surface area contributed by atoms with Crippen LogP contribution in [0.15, 0.2) is 17.0 Å². The Kier molecular flexibility index (Phi) is 2.44. The number of hydrogen-bond donors (Lipinski definition) is 0. The highest BCUT2D eigenvalue weighted by Gasteiger charge is 2.17. The minimum atomic E-state index is -0.464. The van der Waals surface area contributed by atoms with Gasteiger partial charge in [0.1, 0.15) is 12.0 Å². The number of aromatic nitrogens is 3. The molecule has 0 aliphatic rings. The SMILES string of the molecule is COC(=O)c1ncnc2c1c(Br)cn2C. The molecule has 2 heterocycles. The molecule has 2 aromatic heterocycles. The second-order valence-corrected chi connectivity index (χ2v) is 3.85. The molecule has 5 nitrogen and oxygen atoms in total. The summed E-state index contributed by atoms with van der Waals surface area (Å²) in [5.41, 5.74) is 0.965. The van der Waals surface area contributed by atoms with E-state index in [1.54, 1.807) is 0 Å². The topological polar surface area (TPSA) is 57.0 Å². The Morgan fingerprint density at radius 3 is 2.93 bits per heavy atom. The van der Waals surface area contributed by atoms with Crippen LogP contribution in [-0.4, -0.2) is 27.6 Å². The summed E-state index contributed by atoms with van der Waals surface area (Å²) >= 11 is 3.36. The summed E-state index contributed by atoms with van der Waals surface area (Å²) in [5, 5.41) is 0.673. The van der Waals surface area contributed by atoms with Gasteiger partial charge in [-0.05, 0) is 15.9 Å². The van der Waals surface area contributed by atoms with Gasteiger partial charge in [0.15, 0.2) is 5.69 Å². The van der Waals surface area contributed by atoms with Crippen LogP contribution in [0.25, 0.3) is 11.0 Å². The van der Waals surface area contributed by atoms with Gasteiger partial charge in [0.25, 0.3) is 0 Å². The maximum absolute atomic E-state index is 11.4. The number of methoxy groups -OCH3 is 1. The van der Waals surface area contributed by atoms with Crippen LogP contribution < -0.4 is 0 Å². The van der Waals surface area contributed by atoms with Gasteiger partial charge in [0.2, 0.25) is 0 Å². The van der Waals surface area contributed by atoms with E-state index in [4.69, 9.17) is 0 Å². The van der Waals surface area contributed by atoms with Crippen LogP contribution in [0.1, 0.15) is 10.5 Å². The van der Waals surface area contributed by atoms with Crippen molar-refractivity contribution in [1.82, 2.24) is 14.5 Å². The van der Waals surface area contributed by atoms with E-state index in [-0.39, 0.29) is 5.69 Å². The van der Waals surface area contributed by atoms with Crippen LogP contribution in [-0.2, 0) is 11.8 Å². The first-order valence-corrected chi connectivity index (χ1v) is 4.98. The molecule has 0 atom stereocenters. The second-order valence-electron chi connectivity index (χ2n) is 3.00. The van der Waals surface area contributed by atoms with E-state index >= 15 is 0 Å². The van der Waals surface area contributed by atoms with Crippen molar-refractivity contribution in [3.63, 3.8) is 0 Å². The van der Waals surface area contributed by atoms with Gasteiger partial charge < -0.3 is 9.30 Å². The normalized spacial score (nSPS) is 10.6. The lowest BCUT2D eigenvalue weighted by Crippen LogP contribution is -2.05. The molecule has 6 heteroatoms. The first-order chi connectivity index (χ1) is 7.15. The smallest absolute Gasteiger partial charge is 0.357 e. The number of carbonyl (C=O) groups is 1. The van der Waals surface area contributed by atoms with Gasteiger partial charge in [0.05, 0.1) is 12.5 Å². The monoisotopic (exact) mass is 269 g/mol. The Morgan fingerprint density at radius 2 is 2.27 bits per heavy atom.